The Bertz CT molecular complexity index is 1290. The molecule has 1 aromatic heterocycles. The van der Waals surface area contributed by atoms with Crippen LogP contribution in [0.1, 0.15) is 56.6 Å². The molecule has 6 rings (SSSR count). The molecule has 2 heterocycles. The number of hydrogen-bond acceptors (Lipinski definition) is 7. The SMILES string of the molecule is O=C(NC1=CC(=O)C2=C(C2)C1=O)OC1CCCCC1N1CCC(c2noc3cc(F)ccc23)CC1. The van der Waals surface area contributed by atoms with Gasteiger partial charge in [0.05, 0.1) is 11.4 Å². The fourth-order valence-corrected chi connectivity index (χ4v) is 5.76. The molecule has 35 heavy (non-hydrogen) atoms. The summed E-state index contributed by atoms with van der Waals surface area (Å²) in [5.41, 5.74) is 2.40. The zero-order chi connectivity index (χ0) is 24.1. The number of halogens is 1. The average Bonchev–Trinajstić information content (AvgIpc) is 3.57. The van der Waals surface area contributed by atoms with E-state index in [9.17, 15) is 18.8 Å². The number of hydrogen-bond donors (Lipinski definition) is 1. The van der Waals surface area contributed by atoms with Crippen molar-refractivity contribution >= 4 is 28.6 Å². The Morgan fingerprint density at radius 1 is 1.11 bits per heavy atom. The number of piperidine rings is 1. The lowest BCUT2D eigenvalue weighted by Crippen LogP contribution is -2.50. The van der Waals surface area contributed by atoms with Crippen LogP contribution in [0.5, 0.6) is 0 Å². The van der Waals surface area contributed by atoms with Crippen molar-refractivity contribution in [1.82, 2.24) is 15.4 Å². The molecule has 2 aromatic rings. The Balaban J connectivity index is 1.08. The number of nitrogens with zero attached hydrogens (tertiary/aromatic N) is 2. The molecule has 2 atom stereocenters. The van der Waals surface area contributed by atoms with Gasteiger partial charge in [0, 0.05) is 47.1 Å². The fraction of sp³-hybridized carbons (Fsp3) is 0.462. The van der Waals surface area contributed by atoms with Crippen molar-refractivity contribution in [1.29, 1.82) is 0 Å². The summed E-state index contributed by atoms with van der Waals surface area (Å²) in [6.45, 7) is 1.67. The number of likely N-dealkylation sites (tertiary alicyclic amines) is 1. The smallest absolute Gasteiger partial charge is 0.412 e. The Hall–Kier alpha value is -3.33. The van der Waals surface area contributed by atoms with Gasteiger partial charge in [-0.3, -0.25) is 19.8 Å². The molecule has 0 radical (unpaired) electrons. The van der Waals surface area contributed by atoms with Crippen molar-refractivity contribution in [3.8, 4) is 0 Å². The summed E-state index contributed by atoms with van der Waals surface area (Å²) in [6, 6.07) is 4.63. The molecule has 1 saturated carbocycles. The lowest BCUT2D eigenvalue weighted by Gasteiger charge is -2.42. The maximum absolute atomic E-state index is 13.5. The highest BCUT2D eigenvalue weighted by atomic mass is 19.1. The lowest BCUT2D eigenvalue weighted by atomic mass is 9.86. The van der Waals surface area contributed by atoms with Gasteiger partial charge in [-0.2, -0.15) is 0 Å². The van der Waals surface area contributed by atoms with E-state index in [1.54, 1.807) is 6.07 Å². The Labute approximate surface area is 201 Å². The van der Waals surface area contributed by atoms with Crippen molar-refractivity contribution in [2.45, 2.75) is 63.0 Å². The first-order valence-corrected chi connectivity index (χ1v) is 12.3. The van der Waals surface area contributed by atoms with Gasteiger partial charge in [0.2, 0.25) is 5.78 Å². The van der Waals surface area contributed by atoms with Crippen LogP contribution in [-0.4, -0.2) is 53.0 Å². The van der Waals surface area contributed by atoms with E-state index in [1.807, 2.05) is 0 Å². The summed E-state index contributed by atoms with van der Waals surface area (Å²) in [6.07, 6.45) is 6.16. The Morgan fingerprint density at radius 3 is 2.74 bits per heavy atom. The molecular weight excluding hydrogens is 453 g/mol. The number of Topliss-reactive ketones (excluding diaryl/α,β-unsaturated/α-hetero) is 1. The third kappa shape index (κ3) is 4.18. The number of alkyl carbamates (subject to hydrolysis) is 1. The number of aromatic nitrogens is 1. The maximum atomic E-state index is 13.5. The predicted molar refractivity (Wildman–Crippen MR) is 123 cm³/mol. The molecule has 1 N–H and O–H groups in total. The van der Waals surface area contributed by atoms with Gasteiger partial charge < -0.3 is 9.26 Å². The van der Waals surface area contributed by atoms with E-state index in [-0.39, 0.29) is 41.1 Å². The van der Waals surface area contributed by atoms with E-state index >= 15 is 0 Å². The van der Waals surface area contributed by atoms with Gasteiger partial charge in [0.25, 0.3) is 0 Å². The number of allylic oxidation sites excluding steroid dienone is 3. The number of carbonyl (C=O) groups excluding carboxylic acids is 3. The van der Waals surface area contributed by atoms with E-state index in [2.05, 4.69) is 15.4 Å². The van der Waals surface area contributed by atoms with E-state index in [4.69, 9.17) is 9.26 Å². The minimum atomic E-state index is -0.685. The molecule has 1 aromatic carbocycles. The van der Waals surface area contributed by atoms with E-state index in [1.165, 1.54) is 18.2 Å². The first-order valence-electron chi connectivity index (χ1n) is 12.3. The quantitative estimate of drug-likeness (QED) is 0.663. The third-order valence-corrected chi connectivity index (χ3v) is 7.69. The van der Waals surface area contributed by atoms with Crippen LogP contribution >= 0.6 is 0 Å². The van der Waals surface area contributed by atoms with Crippen molar-refractivity contribution < 1.29 is 28.0 Å². The van der Waals surface area contributed by atoms with Gasteiger partial charge in [-0.25, -0.2) is 9.18 Å². The number of ether oxygens (including phenoxy) is 1. The van der Waals surface area contributed by atoms with Crippen molar-refractivity contribution in [3.63, 3.8) is 0 Å². The number of nitrogens with one attached hydrogen (secondary N) is 1. The van der Waals surface area contributed by atoms with Crippen LogP contribution in [0.4, 0.5) is 9.18 Å². The largest absolute Gasteiger partial charge is 0.444 e. The highest BCUT2D eigenvalue weighted by Crippen LogP contribution is 2.38. The predicted octanol–water partition coefficient (Wildman–Crippen LogP) is 3.92. The van der Waals surface area contributed by atoms with Crippen LogP contribution in [0.25, 0.3) is 11.0 Å². The molecule has 4 aliphatic rings. The van der Waals surface area contributed by atoms with Gasteiger partial charge in [-0.05, 0) is 57.3 Å². The van der Waals surface area contributed by atoms with Crippen LogP contribution in [0.15, 0.2) is 45.6 Å². The minimum Gasteiger partial charge on any atom is -0.444 e. The highest BCUT2D eigenvalue weighted by Gasteiger charge is 2.40. The van der Waals surface area contributed by atoms with Crippen molar-refractivity contribution in [3.05, 3.63) is 52.6 Å². The first-order chi connectivity index (χ1) is 17.0. The van der Waals surface area contributed by atoms with Gasteiger partial charge >= 0.3 is 6.09 Å². The summed E-state index contributed by atoms with van der Waals surface area (Å²) in [4.78, 5) is 39.2. The molecule has 0 spiro atoms. The van der Waals surface area contributed by atoms with Gasteiger partial charge in [-0.1, -0.05) is 11.6 Å². The zero-order valence-corrected chi connectivity index (χ0v) is 19.2. The number of rotatable bonds is 4. The molecule has 2 unspecified atom stereocenters. The standard InChI is InChI=1S/C26H26FN3O5/c27-15-5-6-16-23(11-15)35-29-24(16)14-7-9-30(10-8-14)20-3-1-2-4-22(20)34-26(33)28-19-13-21(31)17-12-18(17)25(19)32/h5-6,11,13-14,20,22H,1-4,7-10,12H2,(H,28,33). The number of amides is 1. The fourth-order valence-electron chi connectivity index (χ4n) is 5.76. The topological polar surface area (TPSA) is 102 Å². The summed E-state index contributed by atoms with van der Waals surface area (Å²) in [5.74, 6) is -0.611. The molecule has 1 aliphatic heterocycles. The summed E-state index contributed by atoms with van der Waals surface area (Å²) < 4.78 is 24.6. The molecule has 1 saturated heterocycles. The molecule has 3 aliphatic carbocycles. The van der Waals surface area contributed by atoms with Crippen molar-refractivity contribution in [2.24, 2.45) is 0 Å². The molecule has 1 amide bonds. The third-order valence-electron chi connectivity index (χ3n) is 7.69. The number of fused-ring (bicyclic) bond motifs is 1. The van der Waals surface area contributed by atoms with E-state index < -0.39 is 6.09 Å². The molecule has 2 fully saturated rings. The molecular formula is C26H26FN3O5. The Morgan fingerprint density at radius 2 is 1.91 bits per heavy atom. The lowest BCUT2D eigenvalue weighted by molar-refractivity contribution is -0.114. The van der Waals surface area contributed by atoms with E-state index in [0.717, 1.165) is 62.7 Å². The number of ketones is 2. The normalized spacial score (nSPS) is 25.5. The van der Waals surface area contributed by atoms with Gasteiger partial charge in [0.1, 0.15) is 11.9 Å². The number of benzene rings is 1. The highest BCUT2D eigenvalue weighted by molar-refractivity contribution is 6.28. The zero-order valence-electron chi connectivity index (χ0n) is 19.2. The summed E-state index contributed by atoms with van der Waals surface area (Å²) >= 11 is 0. The van der Waals surface area contributed by atoms with E-state index in [0.29, 0.717) is 23.2 Å². The van der Waals surface area contributed by atoms with Crippen LogP contribution in [-0.2, 0) is 14.3 Å². The van der Waals surface area contributed by atoms with Crippen LogP contribution in [0.3, 0.4) is 0 Å². The molecule has 8 nitrogen and oxygen atoms in total. The number of carbonyl (C=O) groups is 3. The molecule has 9 heteroatoms. The second kappa shape index (κ2) is 8.71. The van der Waals surface area contributed by atoms with Gasteiger partial charge in [0.15, 0.2) is 11.4 Å². The Kier molecular flexibility index (Phi) is 5.51. The van der Waals surface area contributed by atoms with Crippen LogP contribution in [0.2, 0.25) is 0 Å². The second-order valence-corrected chi connectivity index (χ2v) is 9.82. The first kappa shape index (κ1) is 22.2. The van der Waals surface area contributed by atoms with Crippen LogP contribution < -0.4 is 5.32 Å². The maximum Gasteiger partial charge on any atom is 0.412 e. The minimum absolute atomic E-state index is 0.00384. The average molecular weight is 480 g/mol. The summed E-state index contributed by atoms with van der Waals surface area (Å²) in [7, 11) is 0. The second-order valence-electron chi connectivity index (χ2n) is 9.82. The van der Waals surface area contributed by atoms with Crippen molar-refractivity contribution in [2.75, 3.05) is 13.1 Å². The summed E-state index contributed by atoms with van der Waals surface area (Å²) in [5, 5.41) is 7.60. The van der Waals surface area contributed by atoms with Gasteiger partial charge in [-0.15, -0.1) is 0 Å². The monoisotopic (exact) mass is 479 g/mol. The molecule has 182 valence electrons. The molecule has 0 bridgehead atoms. The van der Waals surface area contributed by atoms with Crippen LogP contribution in [0, 0.1) is 5.82 Å².